The van der Waals surface area contributed by atoms with Gasteiger partial charge in [-0.25, -0.2) is 9.97 Å². The summed E-state index contributed by atoms with van der Waals surface area (Å²) in [5.74, 6) is 0.267. The van der Waals surface area contributed by atoms with E-state index in [0.717, 1.165) is 18.4 Å². The topological polar surface area (TPSA) is 66.9 Å². The second kappa shape index (κ2) is 8.48. The highest BCUT2D eigenvalue weighted by Crippen LogP contribution is 2.10. The Bertz CT molecular complexity index is 663. The molecule has 0 aliphatic rings. The summed E-state index contributed by atoms with van der Waals surface area (Å²) in [6.45, 7) is 4.64. The molecule has 1 amide bonds. The zero-order chi connectivity index (χ0) is 16.7. The van der Waals surface area contributed by atoms with Crippen LogP contribution in [0.25, 0.3) is 0 Å². The summed E-state index contributed by atoms with van der Waals surface area (Å²) in [4.78, 5) is 20.5. The predicted molar refractivity (Wildman–Crippen MR) is 92.9 cm³/mol. The Morgan fingerprint density at radius 2 is 2.17 bits per heavy atom. The van der Waals surface area contributed by atoms with Gasteiger partial charge in [0.05, 0.1) is 0 Å². The van der Waals surface area contributed by atoms with E-state index in [0.29, 0.717) is 23.2 Å². The summed E-state index contributed by atoms with van der Waals surface area (Å²) in [5.41, 5.74) is 1.44. The molecule has 2 rings (SSSR count). The SMILES string of the molecule is CCC(C)Nc1nccc(C(=O)NCCc2cccc(Cl)c2)n1. The minimum atomic E-state index is -0.207. The Labute approximate surface area is 141 Å². The van der Waals surface area contributed by atoms with Crippen LogP contribution in [0.3, 0.4) is 0 Å². The van der Waals surface area contributed by atoms with E-state index in [-0.39, 0.29) is 11.9 Å². The number of hydrogen-bond acceptors (Lipinski definition) is 4. The van der Waals surface area contributed by atoms with Crippen LogP contribution in [0, 0.1) is 0 Å². The molecule has 1 unspecified atom stereocenters. The van der Waals surface area contributed by atoms with Gasteiger partial charge in [-0.05, 0) is 43.5 Å². The summed E-state index contributed by atoms with van der Waals surface area (Å²) in [6, 6.07) is 9.48. The molecule has 0 saturated carbocycles. The fourth-order valence-corrected chi connectivity index (χ4v) is 2.19. The first kappa shape index (κ1) is 17.2. The van der Waals surface area contributed by atoms with Crippen LogP contribution in [0.15, 0.2) is 36.5 Å². The van der Waals surface area contributed by atoms with Gasteiger partial charge >= 0.3 is 0 Å². The molecule has 0 spiro atoms. The maximum absolute atomic E-state index is 12.2. The zero-order valence-electron chi connectivity index (χ0n) is 13.3. The number of benzene rings is 1. The Kier molecular flexibility index (Phi) is 6.35. The minimum absolute atomic E-state index is 0.207. The van der Waals surface area contributed by atoms with Gasteiger partial charge in [-0.1, -0.05) is 30.7 Å². The molecule has 0 aliphatic carbocycles. The van der Waals surface area contributed by atoms with Crippen LogP contribution >= 0.6 is 11.6 Å². The number of nitrogens with one attached hydrogen (secondary N) is 2. The predicted octanol–water partition coefficient (Wildman–Crippen LogP) is 3.31. The van der Waals surface area contributed by atoms with Crippen molar-refractivity contribution in [2.75, 3.05) is 11.9 Å². The van der Waals surface area contributed by atoms with Crippen LogP contribution in [0.2, 0.25) is 5.02 Å². The van der Waals surface area contributed by atoms with E-state index in [1.807, 2.05) is 31.2 Å². The fourth-order valence-electron chi connectivity index (χ4n) is 1.98. The third-order valence-corrected chi connectivity index (χ3v) is 3.70. The summed E-state index contributed by atoms with van der Waals surface area (Å²) in [5, 5.41) is 6.72. The third-order valence-electron chi connectivity index (χ3n) is 3.46. The summed E-state index contributed by atoms with van der Waals surface area (Å²) in [7, 11) is 0. The number of hydrogen-bond donors (Lipinski definition) is 2. The van der Waals surface area contributed by atoms with Crippen molar-refractivity contribution in [1.29, 1.82) is 0 Å². The lowest BCUT2D eigenvalue weighted by molar-refractivity contribution is 0.0949. The lowest BCUT2D eigenvalue weighted by atomic mass is 10.1. The molecule has 2 aromatic rings. The van der Waals surface area contributed by atoms with Crippen molar-refractivity contribution in [3.05, 3.63) is 52.8 Å². The molecule has 2 N–H and O–H groups in total. The van der Waals surface area contributed by atoms with Gasteiger partial charge < -0.3 is 10.6 Å². The van der Waals surface area contributed by atoms with Gasteiger partial charge in [-0.3, -0.25) is 4.79 Å². The number of rotatable bonds is 7. The Balaban J connectivity index is 1.89. The number of carbonyl (C=O) groups is 1. The third kappa shape index (κ3) is 5.53. The summed E-state index contributed by atoms with van der Waals surface area (Å²) in [6.07, 6.45) is 3.26. The molecule has 1 aromatic heterocycles. The van der Waals surface area contributed by atoms with E-state index >= 15 is 0 Å². The lowest BCUT2D eigenvalue weighted by Crippen LogP contribution is -2.27. The highest BCUT2D eigenvalue weighted by Gasteiger charge is 2.09. The van der Waals surface area contributed by atoms with E-state index in [1.165, 1.54) is 0 Å². The number of anilines is 1. The van der Waals surface area contributed by atoms with Crippen molar-refractivity contribution in [3.8, 4) is 0 Å². The lowest BCUT2D eigenvalue weighted by Gasteiger charge is -2.11. The van der Waals surface area contributed by atoms with E-state index < -0.39 is 0 Å². The quantitative estimate of drug-likeness (QED) is 0.816. The van der Waals surface area contributed by atoms with E-state index in [1.54, 1.807) is 12.3 Å². The summed E-state index contributed by atoms with van der Waals surface area (Å²) < 4.78 is 0. The molecular formula is C17H21ClN4O. The summed E-state index contributed by atoms with van der Waals surface area (Å²) >= 11 is 5.94. The molecule has 1 atom stereocenters. The Morgan fingerprint density at radius 3 is 2.91 bits per heavy atom. The molecule has 1 heterocycles. The number of nitrogens with zero attached hydrogens (tertiary/aromatic N) is 2. The average Bonchev–Trinajstić information content (AvgIpc) is 2.55. The molecule has 5 nitrogen and oxygen atoms in total. The van der Waals surface area contributed by atoms with Crippen LogP contribution in [-0.4, -0.2) is 28.5 Å². The molecule has 23 heavy (non-hydrogen) atoms. The molecular weight excluding hydrogens is 312 g/mol. The highest BCUT2D eigenvalue weighted by atomic mass is 35.5. The standard InChI is InChI=1S/C17H21ClN4O/c1-3-12(2)21-17-20-10-8-15(22-17)16(23)19-9-7-13-5-4-6-14(18)11-13/h4-6,8,10-12H,3,7,9H2,1-2H3,(H,19,23)(H,20,21,22). The number of aromatic nitrogens is 2. The van der Waals surface area contributed by atoms with Crippen LogP contribution < -0.4 is 10.6 Å². The molecule has 0 saturated heterocycles. The number of amides is 1. The molecule has 0 bridgehead atoms. The highest BCUT2D eigenvalue weighted by molar-refractivity contribution is 6.30. The molecule has 0 radical (unpaired) electrons. The van der Waals surface area contributed by atoms with Gasteiger partial charge in [-0.2, -0.15) is 0 Å². The fraction of sp³-hybridized carbons (Fsp3) is 0.353. The molecule has 6 heteroatoms. The van der Waals surface area contributed by atoms with Crippen molar-refractivity contribution in [2.45, 2.75) is 32.7 Å². The number of halogens is 1. The van der Waals surface area contributed by atoms with Gasteiger partial charge in [-0.15, -0.1) is 0 Å². The van der Waals surface area contributed by atoms with Crippen LogP contribution in [0.4, 0.5) is 5.95 Å². The Morgan fingerprint density at radius 1 is 1.35 bits per heavy atom. The van der Waals surface area contributed by atoms with Gasteiger partial charge in [0.1, 0.15) is 5.69 Å². The first-order valence-electron chi connectivity index (χ1n) is 7.70. The smallest absolute Gasteiger partial charge is 0.270 e. The van der Waals surface area contributed by atoms with Gasteiger partial charge in [0.25, 0.3) is 5.91 Å². The van der Waals surface area contributed by atoms with Gasteiger partial charge in [0, 0.05) is 23.8 Å². The van der Waals surface area contributed by atoms with Gasteiger partial charge in [0.2, 0.25) is 5.95 Å². The zero-order valence-corrected chi connectivity index (χ0v) is 14.1. The second-order valence-electron chi connectivity index (χ2n) is 5.35. The molecule has 0 aliphatic heterocycles. The molecule has 0 fully saturated rings. The van der Waals surface area contributed by atoms with Crippen molar-refractivity contribution >= 4 is 23.5 Å². The molecule has 122 valence electrons. The van der Waals surface area contributed by atoms with Crippen LogP contribution in [0.5, 0.6) is 0 Å². The van der Waals surface area contributed by atoms with E-state index in [4.69, 9.17) is 11.6 Å². The van der Waals surface area contributed by atoms with Crippen molar-refractivity contribution in [1.82, 2.24) is 15.3 Å². The normalized spacial score (nSPS) is 11.8. The second-order valence-corrected chi connectivity index (χ2v) is 5.79. The van der Waals surface area contributed by atoms with Crippen LogP contribution in [-0.2, 0) is 6.42 Å². The minimum Gasteiger partial charge on any atom is -0.352 e. The monoisotopic (exact) mass is 332 g/mol. The van der Waals surface area contributed by atoms with Crippen molar-refractivity contribution < 1.29 is 4.79 Å². The van der Waals surface area contributed by atoms with E-state index in [2.05, 4.69) is 27.5 Å². The molecule has 1 aromatic carbocycles. The van der Waals surface area contributed by atoms with Crippen molar-refractivity contribution in [2.24, 2.45) is 0 Å². The van der Waals surface area contributed by atoms with Gasteiger partial charge in [0.15, 0.2) is 0 Å². The maximum atomic E-state index is 12.2. The first-order chi connectivity index (χ1) is 11.1. The average molecular weight is 333 g/mol. The Hall–Kier alpha value is -2.14. The number of carbonyl (C=O) groups excluding carboxylic acids is 1. The van der Waals surface area contributed by atoms with Crippen LogP contribution in [0.1, 0.15) is 36.3 Å². The van der Waals surface area contributed by atoms with Crippen molar-refractivity contribution in [3.63, 3.8) is 0 Å². The first-order valence-corrected chi connectivity index (χ1v) is 8.08. The largest absolute Gasteiger partial charge is 0.352 e. The maximum Gasteiger partial charge on any atom is 0.270 e. The van der Waals surface area contributed by atoms with E-state index in [9.17, 15) is 4.79 Å².